The largest absolute Gasteiger partial charge is 0.452 e. The number of nitrogens with one attached hydrogen (secondary N) is 1. The summed E-state index contributed by atoms with van der Waals surface area (Å²) < 4.78 is 45.0. The lowest BCUT2D eigenvalue weighted by atomic mass is 10.2. The highest BCUT2D eigenvalue weighted by atomic mass is 32.2. The van der Waals surface area contributed by atoms with Gasteiger partial charge in [0, 0.05) is 12.7 Å². The van der Waals surface area contributed by atoms with Gasteiger partial charge < -0.3 is 10.1 Å². The molecule has 0 unspecified atom stereocenters. The Bertz CT molecular complexity index is 1200. The van der Waals surface area contributed by atoms with Crippen LogP contribution in [-0.2, 0) is 19.6 Å². The molecule has 0 saturated carbocycles. The summed E-state index contributed by atoms with van der Waals surface area (Å²) in [7, 11) is -2.50. The van der Waals surface area contributed by atoms with E-state index in [0.717, 1.165) is 10.4 Å². The van der Waals surface area contributed by atoms with Gasteiger partial charge in [-0.05, 0) is 48.5 Å². The fourth-order valence-corrected chi connectivity index (χ4v) is 3.94. The molecule has 0 radical (unpaired) electrons. The molecule has 0 aliphatic heterocycles. The van der Waals surface area contributed by atoms with Gasteiger partial charge in [0.25, 0.3) is 15.9 Å². The number of halogens is 1. The van der Waals surface area contributed by atoms with E-state index in [-0.39, 0.29) is 16.1 Å². The highest BCUT2D eigenvalue weighted by Crippen LogP contribution is 2.22. The summed E-state index contributed by atoms with van der Waals surface area (Å²) in [6, 6.07) is 19.1. The zero-order valence-electron chi connectivity index (χ0n) is 16.5. The fourth-order valence-electron chi connectivity index (χ4n) is 2.70. The summed E-state index contributed by atoms with van der Waals surface area (Å²) in [5, 5.41) is 2.40. The number of sulfonamides is 1. The number of nitrogens with zero attached hydrogens (tertiary/aromatic N) is 1. The number of hydrogen-bond acceptors (Lipinski definition) is 5. The molecule has 160 valence electrons. The minimum atomic E-state index is -3.91. The van der Waals surface area contributed by atoms with Crippen LogP contribution in [-0.4, -0.2) is 33.9 Å². The molecule has 31 heavy (non-hydrogen) atoms. The van der Waals surface area contributed by atoms with Gasteiger partial charge >= 0.3 is 5.97 Å². The normalized spacial score (nSPS) is 10.9. The quantitative estimate of drug-likeness (QED) is 0.566. The molecule has 0 aliphatic carbocycles. The van der Waals surface area contributed by atoms with Crippen molar-refractivity contribution in [3.8, 4) is 0 Å². The standard InChI is InChI=1S/C22H19FN2O5S/c1-25(19-10-3-2-4-11-19)31(28,29)20-12-5-7-16(13-20)22(27)30-15-21(26)24-18-9-6-8-17(23)14-18/h2-14H,15H2,1H3,(H,24,26). The molecule has 1 N–H and O–H groups in total. The molecule has 7 nitrogen and oxygen atoms in total. The van der Waals surface area contributed by atoms with Gasteiger partial charge in [0.1, 0.15) is 5.82 Å². The van der Waals surface area contributed by atoms with E-state index in [9.17, 15) is 22.4 Å². The van der Waals surface area contributed by atoms with Crippen LogP contribution in [0.1, 0.15) is 10.4 Å². The molecule has 0 heterocycles. The number of esters is 1. The summed E-state index contributed by atoms with van der Waals surface area (Å²) in [6.45, 7) is -0.615. The van der Waals surface area contributed by atoms with E-state index >= 15 is 0 Å². The molecule has 3 aromatic rings. The fraction of sp³-hybridized carbons (Fsp3) is 0.0909. The van der Waals surface area contributed by atoms with Crippen molar-refractivity contribution < 1.29 is 27.1 Å². The number of ether oxygens (including phenoxy) is 1. The molecule has 0 bridgehead atoms. The molecule has 0 fully saturated rings. The van der Waals surface area contributed by atoms with E-state index in [2.05, 4.69) is 5.32 Å². The second kappa shape index (κ2) is 9.40. The summed E-state index contributed by atoms with van der Waals surface area (Å²) in [5.74, 6) is -2.05. The molecule has 0 aliphatic rings. The average molecular weight is 442 g/mol. The Hall–Kier alpha value is -3.72. The van der Waals surface area contributed by atoms with Gasteiger partial charge in [0.05, 0.1) is 16.1 Å². The molecule has 0 saturated heterocycles. The number of hydrogen-bond donors (Lipinski definition) is 1. The van der Waals surface area contributed by atoms with E-state index in [1.54, 1.807) is 30.3 Å². The first-order valence-corrected chi connectivity index (χ1v) is 10.6. The van der Waals surface area contributed by atoms with Gasteiger partial charge in [-0.2, -0.15) is 0 Å². The number of carbonyl (C=O) groups is 2. The molecule has 3 aromatic carbocycles. The molecule has 9 heteroatoms. The number of amides is 1. The first-order chi connectivity index (χ1) is 14.8. The smallest absolute Gasteiger partial charge is 0.338 e. The third kappa shape index (κ3) is 5.46. The van der Waals surface area contributed by atoms with Crippen molar-refractivity contribution >= 4 is 33.3 Å². The van der Waals surface area contributed by atoms with Crippen molar-refractivity contribution in [3.63, 3.8) is 0 Å². The number of para-hydroxylation sites is 1. The van der Waals surface area contributed by atoms with Crippen molar-refractivity contribution in [1.29, 1.82) is 0 Å². The minimum Gasteiger partial charge on any atom is -0.452 e. The monoisotopic (exact) mass is 442 g/mol. The van der Waals surface area contributed by atoms with Crippen LogP contribution in [0.3, 0.4) is 0 Å². The van der Waals surface area contributed by atoms with Gasteiger partial charge in [0.15, 0.2) is 6.61 Å². The molecular formula is C22H19FN2O5S. The van der Waals surface area contributed by atoms with Crippen LogP contribution in [0, 0.1) is 5.82 Å². The van der Waals surface area contributed by atoms with Gasteiger partial charge in [-0.25, -0.2) is 17.6 Å². The van der Waals surface area contributed by atoms with Gasteiger partial charge in [-0.3, -0.25) is 9.10 Å². The molecule has 0 spiro atoms. The number of carbonyl (C=O) groups excluding carboxylic acids is 2. The Morgan fingerprint density at radius 3 is 2.39 bits per heavy atom. The first-order valence-electron chi connectivity index (χ1n) is 9.14. The summed E-state index contributed by atoms with van der Waals surface area (Å²) in [4.78, 5) is 24.1. The maximum atomic E-state index is 13.2. The van der Waals surface area contributed by atoms with Crippen LogP contribution < -0.4 is 9.62 Å². The SMILES string of the molecule is CN(c1ccccc1)S(=O)(=O)c1cccc(C(=O)OCC(=O)Nc2cccc(F)c2)c1. The Kier molecular flexibility index (Phi) is 6.66. The lowest BCUT2D eigenvalue weighted by molar-refractivity contribution is -0.119. The molecule has 3 rings (SSSR count). The lowest BCUT2D eigenvalue weighted by Crippen LogP contribution is -2.26. The zero-order valence-corrected chi connectivity index (χ0v) is 17.3. The second-order valence-electron chi connectivity index (χ2n) is 6.47. The topological polar surface area (TPSA) is 92.8 Å². The van der Waals surface area contributed by atoms with E-state index in [1.807, 2.05) is 0 Å². The van der Waals surface area contributed by atoms with Crippen molar-refractivity contribution in [2.75, 3.05) is 23.3 Å². The highest BCUT2D eigenvalue weighted by Gasteiger charge is 2.23. The molecular weight excluding hydrogens is 423 g/mol. The van der Waals surface area contributed by atoms with Crippen LogP contribution >= 0.6 is 0 Å². The predicted octanol–water partition coefficient (Wildman–Crippen LogP) is 3.45. The highest BCUT2D eigenvalue weighted by molar-refractivity contribution is 7.92. The summed E-state index contributed by atoms with van der Waals surface area (Å²) in [5.41, 5.74) is 0.656. The van der Waals surface area contributed by atoms with Gasteiger partial charge in [-0.1, -0.05) is 30.3 Å². The first kappa shape index (κ1) is 22.0. The third-order valence-corrected chi connectivity index (χ3v) is 6.07. The van der Waals surface area contributed by atoms with Crippen LogP contribution in [0.4, 0.5) is 15.8 Å². The second-order valence-corrected chi connectivity index (χ2v) is 8.44. The van der Waals surface area contributed by atoms with E-state index in [0.29, 0.717) is 5.69 Å². The average Bonchev–Trinajstić information content (AvgIpc) is 2.77. The lowest BCUT2D eigenvalue weighted by Gasteiger charge is -2.19. The Morgan fingerprint density at radius 1 is 0.968 bits per heavy atom. The Labute approximate surface area is 179 Å². The number of benzene rings is 3. The van der Waals surface area contributed by atoms with Crippen LogP contribution in [0.5, 0.6) is 0 Å². The maximum absolute atomic E-state index is 13.2. The van der Waals surface area contributed by atoms with E-state index in [4.69, 9.17) is 4.74 Å². The number of anilines is 2. The van der Waals surface area contributed by atoms with E-state index in [1.165, 1.54) is 49.5 Å². The number of rotatable bonds is 7. The Balaban J connectivity index is 1.68. The van der Waals surface area contributed by atoms with Crippen molar-refractivity contribution in [3.05, 3.63) is 90.2 Å². The van der Waals surface area contributed by atoms with Crippen molar-refractivity contribution in [1.82, 2.24) is 0 Å². The van der Waals surface area contributed by atoms with Gasteiger partial charge in [-0.15, -0.1) is 0 Å². The van der Waals surface area contributed by atoms with Crippen LogP contribution in [0.15, 0.2) is 83.8 Å². The molecule has 0 atom stereocenters. The summed E-state index contributed by atoms with van der Waals surface area (Å²) in [6.07, 6.45) is 0. The van der Waals surface area contributed by atoms with Crippen molar-refractivity contribution in [2.45, 2.75) is 4.90 Å². The molecule has 1 amide bonds. The maximum Gasteiger partial charge on any atom is 0.338 e. The summed E-state index contributed by atoms with van der Waals surface area (Å²) >= 11 is 0. The predicted molar refractivity (Wildman–Crippen MR) is 114 cm³/mol. The zero-order chi connectivity index (χ0) is 22.4. The van der Waals surface area contributed by atoms with E-state index < -0.39 is 34.3 Å². The Morgan fingerprint density at radius 2 is 1.68 bits per heavy atom. The third-order valence-electron chi connectivity index (χ3n) is 4.29. The minimum absolute atomic E-state index is 0.0268. The molecule has 0 aromatic heterocycles. The van der Waals surface area contributed by atoms with Crippen molar-refractivity contribution in [2.24, 2.45) is 0 Å². The van der Waals surface area contributed by atoms with Crippen LogP contribution in [0.2, 0.25) is 0 Å². The van der Waals surface area contributed by atoms with Crippen LogP contribution in [0.25, 0.3) is 0 Å². The van der Waals surface area contributed by atoms with Gasteiger partial charge in [0.2, 0.25) is 0 Å².